The smallest absolute Gasteiger partial charge is 0.152 e. The quantitative estimate of drug-likeness (QED) is 0.554. The molecule has 0 bridgehead atoms. The monoisotopic (exact) mass is 202 g/mol. The summed E-state index contributed by atoms with van der Waals surface area (Å²) < 4.78 is 5.09. The van der Waals surface area contributed by atoms with Crippen molar-refractivity contribution in [2.24, 2.45) is 0 Å². The van der Waals surface area contributed by atoms with Gasteiger partial charge in [0, 0.05) is 0 Å². The average molecular weight is 202 g/mol. The molecule has 0 saturated carbocycles. The number of hydrogen-bond acceptors (Lipinski definition) is 2. The Morgan fingerprint density at radius 3 is 2.80 bits per heavy atom. The molecule has 0 atom stereocenters. The molecule has 0 aliphatic carbocycles. The molecule has 0 amide bonds. The topological polar surface area (TPSA) is 26.3 Å². The summed E-state index contributed by atoms with van der Waals surface area (Å²) in [5.41, 5.74) is 1.04. The van der Waals surface area contributed by atoms with E-state index in [0.29, 0.717) is 0 Å². The summed E-state index contributed by atoms with van der Waals surface area (Å²) in [5.74, 6) is 0.873. The summed E-state index contributed by atoms with van der Waals surface area (Å²) in [6.45, 7) is 1.52. The highest BCUT2D eigenvalue weighted by atomic mass is 16.5. The summed E-state index contributed by atoms with van der Waals surface area (Å²) in [6.07, 6.45) is 7.00. The normalized spacial score (nSPS) is 11.1. The minimum absolute atomic E-state index is 0.0466. The fourth-order valence-electron chi connectivity index (χ4n) is 1.10. The molecular weight excluding hydrogens is 188 g/mol. The maximum Gasteiger partial charge on any atom is 0.152 e. The maximum absolute atomic E-state index is 10.6. The molecule has 0 aliphatic heterocycles. The van der Waals surface area contributed by atoms with Crippen molar-refractivity contribution < 1.29 is 9.53 Å². The second kappa shape index (κ2) is 5.81. The van der Waals surface area contributed by atoms with E-state index in [4.69, 9.17) is 4.74 Å². The van der Waals surface area contributed by atoms with Gasteiger partial charge in [-0.05, 0) is 30.7 Å². The van der Waals surface area contributed by atoms with Crippen molar-refractivity contribution in [3.63, 3.8) is 0 Å². The molecule has 0 N–H and O–H groups in total. The van der Waals surface area contributed by atoms with Crippen LogP contribution < -0.4 is 4.74 Å². The van der Waals surface area contributed by atoms with Gasteiger partial charge in [0.1, 0.15) is 5.75 Å². The molecule has 1 rings (SSSR count). The van der Waals surface area contributed by atoms with E-state index in [0.717, 1.165) is 11.3 Å². The Hall–Kier alpha value is -1.83. The first-order valence-corrected chi connectivity index (χ1v) is 4.72. The highest BCUT2D eigenvalue weighted by molar-refractivity contribution is 5.87. The molecule has 0 aromatic heterocycles. The third-order valence-corrected chi connectivity index (χ3v) is 1.82. The van der Waals surface area contributed by atoms with Crippen LogP contribution in [-0.2, 0) is 4.79 Å². The molecule has 0 radical (unpaired) electrons. The predicted molar refractivity (Wildman–Crippen MR) is 61.8 cm³/mol. The lowest BCUT2D eigenvalue weighted by atomic mass is 10.2. The van der Waals surface area contributed by atoms with Crippen molar-refractivity contribution in [1.29, 1.82) is 0 Å². The first-order valence-electron chi connectivity index (χ1n) is 4.72. The summed E-state index contributed by atoms with van der Waals surface area (Å²) >= 11 is 0. The Balaban J connectivity index is 2.67. The molecule has 0 saturated heterocycles. The van der Waals surface area contributed by atoms with Crippen LogP contribution in [0.25, 0.3) is 6.08 Å². The van der Waals surface area contributed by atoms with Gasteiger partial charge in [-0.25, -0.2) is 0 Å². The highest BCUT2D eigenvalue weighted by Gasteiger charge is 1.90. The van der Waals surface area contributed by atoms with Crippen molar-refractivity contribution in [2.45, 2.75) is 6.92 Å². The number of allylic oxidation sites excluding steroid dienone is 3. The van der Waals surface area contributed by atoms with E-state index in [1.54, 1.807) is 13.2 Å². The molecule has 0 fully saturated rings. The van der Waals surface area contributed by atoms with E-state index in [2.05, 4.69) is 0 Å². The maximum atomic E-state index is 10.6. The van der Waals surface area contributed by atoms with Crippen LogP contribution in [0.4, 0.5) is 0 Å². The Kier molecular flexibility index (Phi) is 4.35. The highest BCUT2D eigenvalue weighted by Crippen LogP contribution is 2.13. The molecule has 0 spiro atoms. The van der Waals surface area contributed by atoms with E-state index >= 15 is 0 Å². The largest absolute Gasteiger partial charge is 0.497 e. The molecule has 1 aromatic carbocycles. The van der Waals surface area contributed by atoms with Crippen molar-refractivity contribution in [3.8, 4) is 5.75 Å². The number of carbonyl (C=O) groups excluding carboxylic acids is 1. The number of carbonyl (C=O) groups is 1. The Morgan fingerprint density at radius 2 is 2.13 bits per heavy atom. The Labute approximate surface area is 89.9 Å². The second-order valence-electron chi connectivity index (χ2n) is 3.11. The second-order valence-corrected chi connectivity index (χ2v) is 3.11. The molecule has 78 valence electrons. The van der Waals surface area contributed by atoms with Crippen molar-refractivity contribution >= 4 is 11.9 Å². The van der Waals surface area contributed by atoms with Crippen LogP contribution in [0.5, 0.6) is 5.75 Å². The van der Waals surface area contributed by atoms with Gasteiger partial charge in [0.05, 0.1) is 7.11 Å². The van der Waals surface area contributed by atoms with Gasteiger partial charge in [-0.15, -0.1) is 0 Å². The molecule has 0 aliphatic rings. The van der Waals surface area contributed by atoms with Crippen molar-refractivity contribution in [3.05, 3.63) is 48.1 Å². The van der Waals surface area contributed by atoms with Gasteiger partial charge in [0.15, 0.2) is 5.78 Å². The van der Waals surface area contributed by atoms with Crippen molar-refractivity contribution in [1.82, 2.24) is 0 Å². The minimum atomic E-state index is 0.0466. The lowest BCUT2D eigenvalue weighted by Crippen LogP contribution is -1.82. The predicted octanol–water partition coefficient (Wildman–Crippen LogP) is 2.85. The zero-order valence-corrected chi connectivity index (χ0v) is 8.94. The van der Waals surface area contributed by atoms with E-state index in [9.17, 15) is 4.79 Å². The summed E-state index contributed by atoms with van der Waals surface area (Å²) in [7, 11) is 1.64. The Bertz CT molecular complexity index is 389. The molecule has 1 aromatic rings. The summed E-state index contributed by atoms with van der Waals surface area (Å²) in [5, 5.41) is 0. The number of methoxy groups -OCH3 is 1. The van der Waals surface area contributed by atoms with Gasteiger partial charge < -0.3 is 4.74 Å². The average Bonchev–Trinajstić information content (AvgIpc) is 2.24. The zero-order chi connectivity index (χ0) is 11.1. The fraction of sp³-hybridized carbons (Fsp3) is 0.154. The lowest BCUT2D eigenvalue weighted by Gasteiger charge is -1.99. The molecule has 2 heteroatoms. The lowest BCUT2D eigenvalue weighted by molar-refractivity contribution is -0.112. The standard InChI is InChI=1S/C13H14O2/c1-11(14)6-3-4-7-12-8-5-9-13(10-12)15-2/h3-10H,1-2H3/b6-3+,7-4+. The van der Waals surface area contributed by atoms with E-state index in [1.165, 1.54) is 13.0 Å². The molecule has 0 heterocycles. The number of rotatable bonds is 4. The fourth-order valence-corrected chi connectivity index (χ4v) is 1.10. The van der Waals surface area contributed by atoms with Crippen LogP contribution in [-0.4, -0.2) is 12.9 Å². The van der Waals surface area contributed by atoms with Gasteiger partial charge in [-0.1, -0.05) is 30.4 Å². The van der Waals surface area contributed by atoms with Gasteiger partial charge in [0.25, 0.3) is 0 Å². The molecule has 15 heavy (non-hydrogen) atoms. The van der Waals surface area contributed by atoms with Crippen molar-refractivity contribution in [2.75, 3.05) is 7.11 Å². The minimum Gasteiger partial charge on any atom is -0.497 e. The van der Waals surface area contributed by atoms with Crippen LogP contribution in [0.2, 0.25) is 0 Å². The van der Waals surface area contributed by atoms with Crippen LogP contribution in [0.15, 0.2) is 42.5 Å². The first kappa shape index (κ1) is 11.2. The zero-order valence-electron chi connectivity index (χ0n) is 8.94. The number of benzene rings is 1. The first-order chi connectivity index (χ1) is 7.22. The SMILES string of the molecule is COc1cccc(/C=C/C=C/C(C)=O)c1. The summed E-state index contributed by atoms with van der Waals surface area (Å²) in [4.78, 5) is 10.6. The van der Waals surface area contributed by atoms with Gasteiger partial charge in [-0.3, -0.25) is 4.79 Å². The third-order valence-electron chi connectivity index (χ3n) is 1.82. The van der Waals surface area contributed by atoms with E-state index in [-0.39, 0.29) is 5.78 Å². The van der Waals surface area contributed by atoms with E-state index in [1.807, 2.05) is 36.4 Å². The molecular formula is C13H14O2. The van der Waals surface area contributed by atoms with Crippen LogP contribution in [0.3, 0.4) is 0 Å². The van der Waals surface area contributed by atoms with Crippen LogP contribution >= 0.6 is 0 Å². The molecule has 0 unspecified atom stereocenters. The van der Waals surface area contributed by atoms with Crippen LogP contribution in [0.1, 0.15) is 12.5 Å². The van der Waals surface area contributed by atoms with Gasteiger partial charge in [0.2, 0.25) is 0 Å². The summed E-state index contributed by atoms with van der Waals surface area (Å²) in [6, 6.07) is 7.72. The molecule has 2 nitrogen and oxygen atoms in total. The van der Waals surface area contributed by atoms with E-state index < -0.39 is 0 Å². The van der Waals surface area contributed by atoms with Gasteiger partial charge in [-0.2, -0.15) is 0 Å². The number of ether oxygens (including phenoxy) is 1. The van der Waals surface area contributed by atoms with Crippen LogP contribution in [0, 0.1) is 0 Å². The third kappa shape index (κ3) is 4.27. The number of hydrogen-bond donors (Lipinski definition) is 0. The van der Waals surface area contributed by atoms with Gasteiger partial charge >= 0.3 is 0 Å². The number of ketones is 1. The Morgan fingerprint density at radius 1 is 1.33 bits per heavy atom.